The molecule has 1 aliphatic carbocycles. The van der Waals surface area contributed by atoms with Crippen molar-refractivity contribution in [3.05, 3.63) is 33.3 Å². The SMILES string of the molecule is CNC1(C#N)CCCC(Oc2cc([N+](=O)[O-])ccc2Cl)C1. The number of nitrogens with zero attached hydrogens (tertiary/aromatic N) is 2. The van der Waals surface area contributed by atoms with Crippen LogP contribution in [0.25, 0.3) is 0 Å². The molecule has 0 spiro atoms. The third-order valence-electron chi connectivity index (χ3n) is 3.82. The number of nitro groups is 1. The maximum Gasteiger partial charge on any atom is 0.273 e. The first-order valence-electron chi connectivity index (χ1n) is 6.70. The second-order valence-corrected chi connectivity index (χ2v) is 5.56. The van der Waals surface area contributed by atoms with Gasteiger partial charge in [-0.2, -0.15) is 5.26 Å². The fourth-order valence-electron chi connectivity index (χ4n) is 2.58. The van der Waals surface area contributed by atoms with Crippen LogP contribution in [0, 0.1) is 21.4 Å². The van der Waals surface area contributed by atoms with Crippen LogP contribution in [0.15, 0.2) is 18.2 Å². The fraction of sp³-hybridized carbons (Fsp3) is 0.500. The molecule has 0 heterocycles. The maximum absolute atomic E-state index is 10.8. The molecule has 2 atom stereocenters. The molecule has 1 aliphatic rings. The zero-order valence-electron chi connectivity index (χ0n) is 11.6. The van der Waals surface area contributed by atoms with Crippen molar-refractivity contribution in [2.75, 3.05) is 7.05 Å². The van der Waals surface area contributed by atoms with Crippen molar-refractivity contribution in [2.24, 2.45) is 0 Å². The van der Waals surface area contributed by atoms with Gasteiger partial charge in [-0.1, -0.05) is 11.6 Å². The summed E-state index contributed by atoms with van der Waals surface area (Å²) in [5, 5.41) is 23.5. The van der Waals surface area contributed by atoms with Gasteiger partial charge in [0.2, 0.25) is 0 Å². The Morgan fingerprint density at radius 2 is 2.38 bits per heavy atom. The molecule has 21 heavy (non-hydrogen) atoms. The van der Waals surface area contributed by atoms with Crippen LogP contribution in [0.3, 0.4) is 0 Å². The summed E-state index contributed by atoms with van der Waals surface area (Å²) >= 11 is 6.03. The lowest BCUT2D eigenvalue weighted by molar-refractivity contribution is -0.384. The minimum atomic E-state index is -0.601. The van der Waals surface area contributed by atoms with Gasteiger partial charge in [0.25, 0.3) is 5.69 Å². The summed E-state index contributed by atoms with van der Waals surface area (Å²) in [5.41, 5.74) is -0.666. The highest BCUT2D eigenvalue weighted by molar-refractivity contribution is 6.32. The number of hydrogen-bond donors (Lipinski definition) is 1. The van der Waals surface area contributed by atoms with Gasteiger partial charge < -0.3 is 10.1 Å². The van der Waals surface area contributed by atoms with Crippen molar-refractivity contribution in [1.29, 1.82) is 5.26 Å². The van der Waals surface area contributed by atoms with Crippen molar-refractivity contribution in [2.45, 2.75) is 37.3 Å². The predicted octanol–water partition coefficient (Wildman–Crippen LogP) is 3.05. The molecule has 0 aliphatic heterocycles. The predicted molar refractivity (Wildman–Crippen MR) is 78.4 cm³/mol. The molecule has 1 fully saturated rings. The van der Waals surface area contributed by atoms with E-state index in [-0.39, 0.29) is 11.8 Å². The zero-order chi connectivity index (χ0) is 15.5. The van der Waals surface area contributed by atoms with Crippen molar-refractivity contribution in [3.63, 3.8) is 0 Å². The molecule has 0 aromatic heterocycles. The van der Waals surface area contributed by atoms with E-state index in [0.717, 1.165) is 19.3 Å². The van der Waals surface area contributed by atoms with Crippen LogP contribution < -0.4 is 10.1 Å². The van der Waals surface area contributed by atoms with E-state index in [9.17, 15) is 15.4 Å². The molecule has 1 aromatic rings. The highest BCUT2D eigenvalue weighted by atomic mass is 35.5. The standard InChI is InChI=1S/C14H16ClN3O3/c1-17-14(9-16)6-2-3-11(8-14)21-13-7-10(18(19)20)4-5-12(13)15/h4-5,7,11,17H,2-3,6,8H2,1H3. The molecule has 1 N–H and O–H groups in total. The zero-order valence-corrected chi connectivity index (χ0v) is 12.4. The quantitative estimate of drug-likeness (QED) is 0.682. The van der Waals surface area contributed by atoms with E-state index >= 15 is 0 Å². The van der Waals surface area contributed by atoms with E-state index in [1.807, 2.05) is 0 Å². The largest absolute Gasteiger partial charge is 0.488 e. The summed E-state index contributed by atoms with van der Waals surface area (Å²) in [6.45, 7) is 0. The van der Waals surface area contributed by atoms with E-state index in [4.69, 9.17) is 16.3 Å². The molecule has 6 nitrogen and oxygen atoms in total. The number of ether oxygens (including phenoxy) is 1. The van der Waals surface area contributed by atoms with E-state index in [1.54, 1.807) is 7.05 Å². The summed E-state index contributed by atoms with van der Waals surface area (Å²) in [5.74, 6) is 0.292. The third-order valence-corrected chi connectivity index (χ3v) is 4.13. The van der Waals surface area contributed by atoms with Crippen LogP contribution in [0.1, 0.15) is 25.7 Å². The molecule has 0 saturated heterocycles. The van der Waals surface area contributed by atoms with Gasteiger partial charge in [0.1, 0.15) is 17.4 Å². The Kier molecular flexibility index (Phi) is 4.66. The Hall–Kier alpha value is -1.84. The Morgan fingerprint density at radius 3 is 3.00 bits per heavy atom. The molecule has 1 aromatic carbocycles. The van der Waals surface area contributed by atoms with E-state index in [2.05, 4.69) is 11.4 Å². The van der Waals surface area contributed by atoms with Gasteiger partial charge in [0.05, 0.1) is 22.1 Å². The molecular formula is C14H16ClN3O3. The lowest BCUT2D eigenvalue weighted by Gasteiger charge is -2.35. The molecule has 7 heteroatoms. The molecule has 2 unspecified atom stereocenters. The summed E-state index contributed by atoms with van der Waals surface area (Å²) in [6.07, 6.45) is 2.75. The second kappa shape index (κ2) is 6.29. The van der Waals surface area contributed by atoms with Crippen LogP contribution in [0.5, 0.6) is 5.75 Å². The van der Waals surface area contributed by atoms with Crippen molar-refractivity contribution in [3.8, 4) is 11.8 Å². The van der Waals surface area contributed by atoms with Gasteiger partial charge in [0, 0.05) is 12.5 Å². The first-order chi connectivity index (χ1) is 9.99. The molecule has 2 rings (SSSR count). The lowest BCUT2D eigenvalue weighted by atomic mass is 9.81. The first-order valence-corrected chi connectivity index (χ1v) is 7.08. The third kappa shape index (κ3) is 3.43. The number of non-ortho nitro benzene ring substituents is 1. The monoisotopic (exact) mass is 309 g/mol. The summed E-state index contributed by atoms with van der Waals surface area (Å²) < 4.78 is 5.81. The van der Waals surface area contributed by atoms with Gasteiger partial charge >= 0.3 is 0 Å². The molecule has 0 amide bonds. The van der Waals surface area contributed by atoms with E-state index in [1.165, 1.54) is 18.2 Å². The lowest BCUT2D eigenvalue weighted by Crippen LogP contribution is -2.48. The van der Waals surface area contributed by atoms with Crippen molar-refractivity contribution in [1.82, 2.24) is 5.32 Å². The Bertz CT molecular complexity index is 587. The van der Waals surface area contributed by atoms with E-state index < -0.39 is 10.5 Å². The van der Waals surface area contributed by atoms with Gasteiger partial charge in [-0.3, -0.25) is 10.1 Å². The van der Waals surface area contributed by atoms with Crippen LogP contribution in [-0.2, 0) is 0 Å². The van der Waals surface area contributed by atoms with Gasteiger partial charge in [-0.05, 0) is 32.4 Å². The number of rotatable bonds is 4. The fourth-order valence-corrected chi connectivity index (χ4v) is 2.75. The summed E-state index contributed by atoms with van der Waals surface area (Å²) in [6, 6.07) is 6.41. The summed E-state index contributed by atoms with van der Waals surface area (Å²) in [4.78, 5) is 10.3. The average molecular weight is 310 g/mol. The number of nitriles is 1. The first kappa shape index (κ1) is 15.5. The van der Waals surface area contributed by atoms with E-state index in [0.29, 0.717) is 17.2 Å². The van der Waals surface area contributed by atoms with Gasteiger partial charge in [0.15, 0.2) is 0 Å². The van der Waals surface area contributed by atoms with Crippen LogP contribution in [-0.4, -0.2) is 23.6 Å². The van der Waals surface area contributed by atoms with Crippen LogP contribution in [0.2, 0.25) is 5.02 Å². The Balaban J connectivity index is 2.16. The maximum atomic E-state index is 10.8. The topological polar surface area (TPSA) is 88.2 Å². The van der Waals surface area contributed by atoms with Crippen LogP contribution in [0.4, 0.5) is 5.69 Å². The average Bonchev–Trinajstić information content (AvgIpc) is 2.49. The molecule has 1 saturated carbocycles. The highest BCUT2D eigenvalue weighted by Gasteiger charge is 2.36. The normalized spacial score (nSPS) is 25.1. The van der Waals surface area contributed by atoms with Crippen molar-refractivity contribution >= 4 is 17.3 Å². The number of hydrogen-bond acceptors (Lipinski definition) is 5. The molecule has 0 radical (unpaired) electrons. The molecule has 112 valence electrons. The molecular weight excluding hydrogens is 294 g/mol. The highest BCUT2D eigenvalue weighted by Crippen LogP contribution is 2.34. The Morgan fingerprint density at radius 1 is 1.62 bits per heavy atom. The minimum absolute atomic E-state index is 0.0645. The smallest absolute Gasteiger partial charge is 0.273 e. The number of halogens is 1. The minimum Gasteiger partial charge on any atom is -0.488 e. The second-order valence-electron chi connectivity index (χ2n) is 5.15. The van der Waals surface area contributed by atoms with Gasteiger partial charge in [-0.15, -0.1) is 0 Å². The number of nitrogens with one attached hydrogen (secondary N) is 1. The van der Waals surface area contributed by atoms with Crippen LogP contribution >= 0.6 is 11.6 Å². The molecule has 0 bridgehead atoms. The Labute approximate surface area is 127 Å². The van der Waals surface area contributed by atoms with Crippen molar-refractivity contribution < 1.29 is 9.66 Å². The number of nitro benzene ring substituents is 1. The number of benzene rings is 1. The summed E-state index contributed by atoms with van der Waals surface area (Å²) in [7, 11) is 1.76. The van der Waals surface area contributed by atoms with Gasteiger partial charge in [-0.25, -0.2) is 0 Å².